The maximum Gasteiger partial charge on any atom is 0.270 e. The molecule has 1 fully saturated rings. The maximum atomic E-state index is 13.1. The van der Waals surface area contributed by atoms with Gasteiger partial charge in [0.05, 0.1) is 17.2 Å². The molecule has 0 atom stereocenters. The van der Waals surface area contributed by atoms with Crippen molar-refractivity contribution in [3.63, 3.8) is 0 Å². The van der Waals surface area contributed by atoms with E-state index < -0.39 is 0 Å². The maximum absolute atomic E-state index is 13.1. The highest BCUT2D eigenvalue weighted by atomic mass is 32.2. The monoisotopic (exact) mass is 496 g/mol. The van der Waals surface area contributed by atoms with Gasteiger partial charge in [0.2, 0.25) is 0 Å². The molecular formula is C28H36N2O2S2. The number of rotatable bonds is 13. The Morgan fingerprint density at radius 3 is 2.21 bits per heavy atom. The number of amides is 1. The van der Waals surface area contributed by atoms with Gasteiger partial charge in [0, 0.05) is 18.8 Å². The van der Waals surface area contributed by atoms with Crippen LogP contribution < -0.4 is 14.5 Å². The fraction of sp³-hybridized carbons (Fsp3) is 0.429. The first-order chi connectivity index (χ1) is 16.6. The second-order valence-corrected chi connectivity index (χ2v) is 10.1. The molecule has 0 saturated carbocycles. The van der Waals surface area contributed by atoms with E-state index in [-0.39, 0.29) is 5.91 Å². The number of thioether (sulfide) groups is 1. The molecule has 2 aromatic carbocycles. The molecule has 3 rings (SSSR count). The molecule has 0 spiro atoms. The van der Waals surface area contributed by atoms with Crippen LogP contribution in [-0.4, -0.2) is 29.9 Å². The van der Waals surface area contributed by atoms with Crippen LogP contribution >= 0.6 is 24.0 Å². The molecule has 1 amide bonds. The first-order valence-electron chi connectivity index (χ1n) is 12.4. The number of hydrogen-bond donors (Lipinski definition) is 0. The van der Waals surface area contributed by atoms with Crippen molar-refractivity contribution in [3.8, 4) is 5.75 Å². The van der Waals surface area contributed by atoms with Crippen molar-refractivity contribution >= 4 is 51.7 Å². The number of thiocarbonyl (C=S) groups is 1. The van der Waals surface area contributed by atoms with Crippen LogP contribution in [0.3, 0.4) is 0 Å². The van der Waals surface area contributed by atoms with Gasteiger partial charge in [-0.25, -0.2) is 0 Å². The van der Waals surface area contributed by atoms with E-state index in [4.69, 9.17) is 17.0 Å². The number of carbonyl (C=O) groups excluding carboxylic acids is 1. The largest absolute Gasteiger partial charge is 0.494 e. The SMILES string of the molecule is CCCCCCCCOc1ccc(/C=C2\SC(=S)N(c3ccc(N(CC)CC)cc3)C2=O)cc1. The Labute approximate surface area is 214 Å². The lowest BCUT2D eigenvalue weighted by Crippen LogP contribution is -2.27. The van der Waals surface area contributed by atoms with E-state index in [1.54, 1.807) is 4.90 Å². The van der Waals surface area contributed by atoms with Gasteiger partial charge in [0.25, 0.3) is 5.91 Å². The minimum Gasteiger partial charge on any atom is -0.494 e. The average Bonchev–Trinajstić information content (AvgIpc) is 3.13. The highest BCUT2D eigenvalue weighted by Gasteiger charge is 2.33. The summed E-state index contributed by atoms with van der Waals surface area (Å²) in [6.07, 6.45) is 9.41. The number of unbranched alkanes of at least 4 members (excludes halogenated alkanes) is 5. The summed E-state index contributed by atoms with van der Waals surface area (Å²) in [6, 6.07) is 16.0. The van der Waals surface area contributed by atoms with Crippen LogP contribution in [0.2, 0.25) is 0 Å². The van der Waals surface area contributed by atoms with Crippen LogP contribution in [-0.2, 0) is 4.79 Å². The fourth-order valence-electron chi connectivity index (χ4n) is 3.98. The number of carbonyl (C=O) groups is 1. The van der Waals surface area contributed by atoms with E-state index >= 15 is 0 Å². The third-order valence-electron chi connectivity index (χ3n) is 5.97. The van der Waals surface area contributed by atoms with Gasteiger partial charge in [-0.05, 0) is 68.3 Å². The molecule has 2 aromatic rings. The Kier molecular flexibility index (Phi) is 10.5. The smallest absolute Gasteiger partial charge is 0.270 e. The highest BCUT2D eigenvalue weighted by Crippen LogP contribution is 2.36. The fourth-order valence-corrected chi connectivity index (χ4v) is 5.27. The second kappa shape index (κ2) is 13.5. The normalized spacial score (nSPS) is 14.8. The van der Waals surface area contributed by atoms with E-state index in [1.807, 2.05) is 42.5 Å². The van der Waals surface area contributed by atoms with Crippen molar-refractivity contribution in [2.75, 3.05) is 29.5 Å². The summed E-state index contributed by atoms with van der Waals surface area (Å²) in [6.45, 7) is 9.15. The molecular weight excluding hydrogens is 460 g/mol. The molecule has 0 bridgehead atoms. The molecule has 0 N–H and O–H groups in total. The molecule has 34 heavy (non-hydrogen) atoms. The van der Waals surface area contributed by atoms with Crippen LogP contribution in [0.25, 0.3) is 6.08 Å². The molecule has 1 aliphatic rings. The summed E-state index contributed by atoms with van der Waals surface area (Å²) in [5.74, 6) is 0.792. The zero-order valence-corrected chi connectivity index (χ0v) is 22.2. The Morgan fingerprint density at radius 2 is 1.56 bits per heavy atom. The average molecular weight is 497 g/mol. The Morgan fingerprint density at radius 1 is 0.912 bits per heavy atom. The van der Waals surface area contributed by atoms with Crippen molar-refractivity contribution in [2.45, 2.75) is 59.3 Å². The molecule has 1 heterocycles. The van der Waals surface area contributed by atoms with E-state index in [0.717, 1.165) is 48.8 Å². The van der Waals surface area contributed by atoms with Gasteiger partial charge in [0.15, 0.2) is 4.32 Å². The molecule has 4 nitrogen and oxygen atoms in total. The van der Waals surface area contributed by atoms with Crippen LogP contribution in [0.15, 0.2) is 53.4 Å². The summed E-state index contributed by atoms with van der Waals surface area (Å²) in [7, 11) is 0. The number of benzene rings is 2. The number of nitrogens with zero attached hydrogens (tertiary/aromatic N) is 2. The first kappa shape index (κ1) is 26.3. The van der Waals surface area contributed by atoms with Crippen molar-refractivity contribution in [2.24, 2.45) is 0 Å². The van der Waals surface area contributed by atoms with Crippen molar-refractivity contribution in [1.82, 2.24) is 0 Å². The van der Waals surface area contributed by atoms with Gasteiger partial charge in [-0.1, -0.05) is 75.1 Å². The summed E-state index contributed by atoms with van der Waals surface area (Å²) in [5.41, 5.74) is 2.91. The number of hydrogen-bond acceptors (Lipinski definition) is 5. The van der Waals surface area contributed by atoms with Gasteiger partial charge in [-0.2, -0.15) is 0 Å². The van der Waals surface area contributed by atoms with Gasteiger partial charge in [0.1, 0.15) is 5.75 Å². The lowest BCUT2D eigenvalue weighted by Gasteiger charge is -2.22. The van der Waals surface area contributed by atoms with Gasteiger partial charge >= 0.3 is 0 Å². The zero-order valence-electron chi connectivity index (χ0n) is 20.6. The lowest BCUT2D eigenvalue weighted by molar-refractivity contribution is -0.113. The molecule has 0 unspecified atom stereocenters. The van der Waals surface area contributed by atoms with Crippen LogP contribution in [0.5, 0.6) is 5.75 Å². The molecule has 1 saturated heterocycles. The summed E-state index contributed by atoms with van der Waals surface area (Å²) in [4.78, 5) is 17.6. The van der Waals surface area contributed by atoms with Crippen LogP contribution in [0, 0.1) is 0 Å². The number of anilines is 2. The standard InChI is InChI=1S/C28H36N2O2S2/c1-4-7-8-9-10-11-20-32-25-18-12-22(13-19-25)21-26-27(31)30(28(33)34-26)24-16-14-23(15-17-24)29(5-2)6-3/h12-19,21H,4-11,20H2,1-3H3/b26-21-. The second-order valence-electron chi connectivity index (χ2n) is 8.39. The van der Waals surface area contributed by atoms with Crippen molar-refractivity contribution in [1.29, 1.82) is 0 Å². The third-order valence-corrected chi connectivity index (χ3v) is 7.28. The van der Waals surface area contributed by atoms with E-state index in [2.05, 4.69) is 37.8 Å². The molecule has 0 aliphatic carbocycles. The minimum absolute atomic E-state index is 0.0750. The molecule has 6 heteroatoms. The topological polar surface area (TPSA) is 32.8 Å². The highest BCUT2D eigenvalue weighted by molar-refractivity contribution is 8.27. The van der Waals surface area contributed by atoms with E-state index in [9.17, 15) is 4.79 Å². The quantitative estimate of drug-likeness (QED) is 0.161. The summed E-state index contributed by atoms with van der Waals surface area (Å²) >= 11 is 6.88. The third kappa shape index (κ3) is 7.09. The zero-order chi connectivity index (χ0) is 24.3. The lowest BCUT2D eigenvalue weighted by atomic mass is 10.1. The van der Waals surface area contributed by atoms with E-state index in [0.29, 0.717) is 9.23 Å². The van der Waals surface area contributed by atoms with Gasteiger partial charge in [-0.15, -0.1) is 0 Å². The van der Waals surface area contributed by atoms with Crippen molar-refractivity contribution < 1.29 is 9.53 Å². The Hall–Kier alpha value is -2.31. The Bertz CT molecular complexity index is 967. The predicted octanol–water partition coefficient (Wildman–Crippen LogP) is 7.68. The van der Waals surface area contributed by atoms with E-state index in [1.165, 1.54) is 43.9 Å². The molecule has 182 valence electrons. The molecule has 0 aromatic heterocycles. The summed E-state index contributed by atoms with van der Waals surface area (Å²) < 4.78 is 6.43. The van der Waals surface area contributed by atoms with Gasteiger partial charge in [-0.3, -0.25) is 9.69 Å². The summed E-state index contributed by atoms with van der Waals surface area (Å²) in [5, 5.41) is 0. The van der Waals surface area contributed by atoms with Crippen molar-refractivity contribution in [3.05, 3.63) is 59.0 Å². The van der Waals surface area contributed by atoms with Crippen LogP contribution in [0.4, 0.5) is 11.4 Å². The number of ether oxygens (including phenoxy) is 1. The Balaban J connectivity index is 1.57. The first-order valence-corrected chi connectivity index (χ1v) is 13.7. The minimum atomic E-state index is -0.0750. The van der Waals surface area contributed by atoms with Gasteiger partial charge < -0.3 is 9.64 Å². The molecule has 0 radical (unpaired) electrons. The molecule has 1 aliphatic heterocycles. The predicted molar refractivity (Wildman–Crippen MR) is 151 cm³/mol. The van der Waals surface area contributed by atoms with Crippen LogP contribution in [0.1, 0.15) is 64.9 Å².